The average molecular weight is 548 g/mol. The summed E-state index contributed by atoms with van der Waals surface area (Å²) in [6.07, 6.45) is 0.787. The van der Waals surface area contributed by atoms with E-state index in [0.717, 1.165) is 5.56 Å². The SMILES string of the molecule is NC(N)=NCCCC(NC(=O)C(N)Cc1ccccc1)C(=O)N1CCCC1C(=O)NC(CCC(=O)O)C(=O)O. The third kappa shape index (κ3) is 10.2. The lowest BCUT2D eigenvalue weighted by Crippen LogP contribution is -2.57. The molecule has 2 rings (SSSR count). The van der Waals surface area contributed by atoms with Gasteiger partial charge in [0.2, 0.25) is 17.7 Å². The van der Waals surface area contributed by atoms with E-state index in [1.807, 2.05) is 30.3 Å². The van der Waals surface area contributed by atoms with Crippen LogP contribution in [-0.4, -0.2) is 88.0 Å². The van der Waals surface area contributed by atoms with E-state index in [4.69, 9.17) is 22.3 Å². The highest BCUT2D eigenvalue weighted by molar-refractivity contribution is 5.94. The summed E-state index contributed by atoms with van der Waals surface area (Å²) in [6.45, 7) is 0.436. The molecule has 10 N–H and O–H groups in total. The Morgan fingerprint density at radius 2 is 1.72 bits per heavy atom. The van der Waals surface area contributed by atoms with E-state index in [2.05, 4.69) is 15.6 Å². The summed E-state index contributed by atoms with van der Waals surface area (Å²) in [5.74, 6) is -4.45. The van der Waals surface area contributed by atoms with Gasteiger partial charge in [0.15, 0.2) is 5.96 Å². The van der Waals surface area contributed by atoms with Crippen molar-refractivity contribution in [2.75, 3.05) is 13.1 Å². The number of carbonyl (C=O) groups is 5. The molecular weight excluding hydrogens is 510 g/mol. The number of hydrogen-bond acceptors (Lipinski definition) is 7. The molecule has 1 aliphatic rings. The normalized spacial score (nSPS) is 16.9. The number of nitrogens with zero attached hydrogens (tertiary/aromatic N) is 2. The van der Waals surface area contributed by atoms with Crippen molar-refractivity contribution in [3.05, 3.63) is 35.9 Å². The van der Waals surface area contributed by atoms with Crippen molar-refractivity contribution in [3.8, 4) is 0 Å². The van der Waals surface area contributed by atoms with Crippen molar-refractivity contribution in [2.45, 2.75) is 69.1 Å². The Labute approximate surface area is 226 Å². The topological polar surface area (TPSA) is 244 Å². The third-order valence-electron chi connectivity index (χ3n) is 6.30. The number of carbonyl (C=O) groups excluding carboxylic acids is 3. The summed E-state index contributed by atoms with van der Waals surface area (Å²) < 4.78 is 0. The van der Waals surface area contributed by atoms with Crippen LogP contribution in [0.2, 0.25) is 0 Å². The Morgan fingerprint density at radius 3 is 2.33 bits per heavy atom. The Bertz CT molecular complexity index is 1050. The lowest BCUT2D eigenvalue weighted by molar-refractivity contribution is -0.145. The largest absolute Gasteiger partial charge is 0.481 e. The van der Waals surface area contributed by atoms with Crippen LogP contribution < -0.4 is 27.8 Å². The molecule has 39 heavy (non-hydrogen) atoms. The second kappa shape index (κ2) is 15.3. The Hall–Kier alpha value is -4.20. The van der Waals surface area contributed by atoms with Crippen molar-refractivity contribution in [2.24, 2.45) is 22.2 Å². The predicted molar refractivity (Wildman–Crippen MR) is 141 cm³/mol. The van der Waals surface area contributed by atoms with Crippen LogP contribution >= 0.6 is 0 Å². The maximum atomic E-state index is 13.6. The average Bonchev–Trinajstić information content (AvgIpc) is 3.38. The monoisotopic (exact) mass is 547 g/mol. The number of rotatable bonds is 15. The molecule has 14 heteroatoms. The first kappa shape index (κ1) is 31.0. The molecule has 1 saturated heterocycles. The van der Waals surface area contributed by atoms with Crippen LogP contribution in [0.25, 0.3) is 0 Å². The van der Waals surface area contributed by atoms with E-state index in [1.165, 1.54) is 4.90 Å². The molecule has 3 amide bonds. The molecule has 0 radical (unpaired) electrons. The zero-order chi connectivity index (χ0) is 28.9. The first-order valence-electron chi connectivity index (χ1n) is 12.7. The predicted octanol–water partition coefficient (Wildman–Crippen LogP) is -1.48. The molecule has 0 spiro atoms. The molecule has 214 valence electrons. The van der Waals surface area contributed by atoms with Gasteiger partial charge in [0.1, 0.15) is 18.1 Å². The summed E-state index contributed by atoms with van der Waals surface area (Å²) >= 11 is 0. The number of amides is 3. The first-order valence-corrected chi connectivity index (χ1v) is 12.7. The lowest BCUT2D eigenvalue weighted by Gasteiger charge is -2.30. The van der Waals surface area contributed by atoms with Gasteiger partial charge in [-0.25, -0.2) is 4.79 Å². The fourth-order valence-electron chi connectivity index (χ4n) is 4.30. The van der Waals surface area contributed by atoms with Gasteiger partial charge in [-0.15, -0.1) is 0 Å². The van der Waals surface area contributed by atoms with Gasteiger partial charge in [-0.3, -0.25) is 24.2 Å². The lowest BCUT2D eigenvalue weighted by atomic mass is 10.0. The zero-order valence-corrected chi connectivity index (χ0v) is 21.6. The van der Waals surface area contributed by atoms with Gasteiger partial charge in [-0.2, -0.15) is 0 Å². The van der Waals surface area contributed by atoms with Crippen LogP contribution in [0.4, 0.5) is 0 Å². The molecule has 1 aliphatic heterocycles. The summed E-state index contributed by atoms with van der Waals surface area (Å²) in [7, 11) is 0. The smallest absolute Gasteiger partial charge is 0.326 e. The van der Waals surface area contributed by atoms with Gasteiger partial charge in [-0.1, -0.05) is 30.3 Å². The number of aliphatic imine (C=N–C) groups is 1. The zero-order valence-electron chi connectivity index (χ0n) is 21.6. The summed E-state index contributed by atoms with van der Waals surface area (Å²) in [6, 6.07) is 4.81. The van der Waals surface area contributed by atoms with Crippen molar-refractivity contribution in [1.82, 2.24) is 15.5 Å². The van der Waals surface area contributed by atoms with Gasteiger partial charge in [-0.05, 0) is 44.1 Å². The second-order valence-electron chi connectivity index (χ2n) is 9.33. The van der Waals surface area contributed by atoms with Crippen molar-refractivity contribution < 1.29 is 34.2 Å². The summed E-state index contributed by atoms with van der Waals surface area (Å²) in [5.41, 5.74) is 17.7. The molecule has 0 bridgehead atoms. The summed E-state index contributed by atoms with van der Waals surface area (Å²) in [5, 5.41) is 23.3. The quantitative estimate of drug-likeness (QED) is 0.0762. The number of nitrogens with one attached hydrogen (secondary N) is 2. The minimum Gasteiger partial charge on any atom is -0.481 e. The van der Waals surface area contributed by atoms with Crippen LogP contribution in [0.3, 0.4) is 0 Å². The highest BCUT2D eigenvalue weighted by Crippen LogP contribution is 2.20. The number of aliphatic carboxylic acids is 2. The van der Waals surface area contributed by atoms with Crippen molar-refractivity contribution >= 4 is 35.6 Å². The number of hydrogen-bond donors (Lipinski definition) is 7. The number of carboxylic acid groups (broad SMARTS) is 2. The minimum absolute atomic E-state index is 0.112. The first-order chi connectivity index (χ1) is 18.5. The molecule has 1 aromatic carbocycles. The van der Waals surface area contributed by atoms with E-state index < -0.39 is 60.2 Å². The number of nitrogens with two attached hydrogens (primary N) is 3. The molecule has 0 saturated carbocycles. The maximum Gasteiger partial charge on any atom is 0.326 e. The van der Waals surface area contributed by atoms with E-state index in [-0.39, 0.29) is 44.7 Å². The molecular formula is C25H37N7O7. The molecule has 0 aromatic heterocycles. The standard InChI is InChI=1S/C25H37N7O7/c26-16(14-15-6-2-1-3-7-15)21(35)30-17(8-4-12-29-25(27)28)23(37)32-13-5-9-19(32)22(36)31-18(24(38)39)10-11-20(33)34/h1-3,6-7,16-19H,4-5,8-14,26H2,(H,30,35)(H,31,36)(H,33,34)(H,38,39)(H4,27,28,29). The minimum atomic E-state index is -1.42. The number of guanidine groups is 1. The van der Waals surface area contributed by atoms with Gasteiger partial charge >= 0.3 is 11.9 Å². The molecule has 14 nitrogen and oxygen atoms in total. The Kier molecular flexibility index (Phi) is 12.1. The fourth-order valence-corrected chi connectivity index (χ4v) is 4.30. The van der Waals surface area contributed by atoms with E-state index in [9.17, 15) is 29.1 Å². The van der Waals surface area contributed by atoms with E-state index in [1.54, 1.807) is 0 Å². The van der Waals surface area contributed by atoms with Crippen LogP contribution in [0.5, 0.6) is 0 Å². The van der Waals surface area contributed by atoms with Gasteiger partial charge < -0.3 is 42.9 Å². The fraction of sp³-hybridized carbons (Fsp3) is 0.520. The van der Waals surface area contributed by atoms with Crippen molar-refractivity contribution in [3.63, 3.8) is 0 Å². The Balaban J connectivity index is 2.13. The molecule has 1 fully saturated rings. The highest BCUT2D eigenvalue weighted by Gasteiger charge is 2.39. The number of carboxylic acids is 2. The Morgan fingerprint density at radius 1 is 1.03 bits per heavy atom. The number of likely N-dealkylation sites (tertiary alicyclic amines) is 1. The van der Waals surface area contributed by atoms with Crippen LogP contribution in [0, 0.1) is 0 Å². The molecule has 1 aromatic rings. The molecule has 4 unspecified atom stereocenters. The summed E-state index contributed by atoms with van der Waals surface area (Å²) in [4.78, 5) is 67.0. The third-order valence-corrected chi connectivity index (χ3v) is 6.30. The molecule has 0 aliphatic carbocycles. The molecule has 4 atom stereocenters. The van der Waals surface area contributed by atoms with E-state index in [0.29, 0.717) is 12.8 Å². The highest BCUT2D eigenvalue weighted by atomic mass is 16.4. The van der Waals surface area contributed by atoms with Gasteiger partial charge in [0, 0.05) is 19.5 Å². The van der Waals surface area contributed by atoms with Crippen LogP contribution in [-0.2, 0) is 30.4 Å². The van der Waals surface area contributed by atoms with Gasteiger partial charge in [0.25, 0.3) is 0 Å². The van der Waals surface area contributed by atoms with E-state index >= 15 is 0 Å². The van der Waals surface area contributed by atoms with Crippen molar-refractivity contribution in [1.29, 1.82) is 0 Å². The van der Waals surface area contributed by atoms with Gasteiger partial charge in [0.05, 0.1) is 6.04 Å². The molecule has 1 heterocycles. The van der Waals surface area contributed by atoms with Crippen LogP contribution in [0.1, 0.15) is 44.1 Å². The number of benzene rings is 1. The maximum absolute atomic E-state index is 13.6. The second-order valence-corrected chi connectivity index (χ2v) is 9.33. The van der Waals surface area contributed by atoms with Crippen LogP contribution in [0.15, 0.2) is 35.3 Å².